The van der Waals surface area contributed by atoms with Gasteiger partial charge in [0.25, 0.3) is 0 Å². The van der Waals surface area contributed by atoms with Crippen molar-refractivity contribution in [3.63, 3.8) is 0 Å². The van der Waals surface area contributed by atoms with E-state index in [1.165, 1.54) is 0 Å². The number of benzene rings is 1. The van der Waals surface area contributed by atoms with Gasteiger partial charge in [0.2, 0.25) is 0 Å². The molecule has 44 heavy (non-hydrogen) atoms. The SMILES string of the molecule is Cc1ccc(S(=O)OC(CCCCCC(C)(C)C(=O)O)(CCCCCC(C)(C)C(=O)O)CCCCCC(C)(C)C(=O)O)cc1. The van der Waals surface area contributed by atoms with Gasteiger partial charge in [0.05, 0.1) is 26.7 Å². The van der Waals surface area contributed by atoms with Crippen LogP contribution in [0.4, 0.5) is 0 Å². The minimum Gasteiger partial charge on any atom is -0.481 e. The first-order valence-corrected chi connectivity index (χ1v) is 17.3. The fourth-order valence-electron chi connectivity index (χ4n) is 5.25. The Labute approximate surface area is 268 Å². The molecule has 1 atom stereocenters. The van der Waals surface area contributed by atoms with Gasteiger partial charge in [-0.2, -0.15) is 0 Å². The summed E-state index contributed by atoms with van der Waals surface area (Å²) in [4.78, 5) is 35.2. The number of carbonyl (C=O) groups is 3. The van der Waals surface area contributed by atoms with Crippen molar-refractivity contribution in [1.29, 1.82) is 0 Å². The van der Waals surface area contributed by atoms with Crippen LogP contribution in [0.15, 0.2) is 29.2 Å². The summed E-state index contributed by atoms with van der Waals surface area (Å²) in [6, 6.07) is 7.48. The van der Waals surface area contributed by atoms with Crippen molar-refractivity contribution >= 4 is 29.0 Å². The van der Waals surface area contributed by atoms with Crippen LogP contribution in [0.25, 0.3) is 0 Å². The van der Waals surface area contributed by atoms with Gasteiger partial charge in [-0.15, -0.1) is 0 Å². The van der Waals surface area contributed by atoms with Gasteiger partial charge >= 0.3 is 17.9 Å². The lowest BCUT2D eigenvalue weighted by atomic mass is 9.82. The predicted molar refractivity (Wildman–Crippen MR) is 175 cm³/mol. The minimum atomic E-state index is -1.68. The van der Waals surface area contributed by atoms with E-state index in [1.54, 1.807) is 41.5 Å². The molecule has 0 fully saturated rings. The van der Waals surface area contributed by atoms with Crippen molar-refractivity contribution in [1.82, 2.24) is 0 Å². The second-order valence-corrected chi connectivity index (χ2v) is 15.7. The number of carboxylic acids is 3. The van der Waals surface area contributed by atoms with Gasteiger partial charge in [0, 0.05) is 0 Å². The molecule has 252 valence electrons. The first-order valence-electron chi connectivity index (χ1n) is 16.2. The lowest BCUT2D eigenvalue weighted by molar-refractivity contribution is -0.148. The summed E-state index contributed by atoms with van der Waals surface area (Å²) in [5.41, 5.74) is -1.95. The topological polar surface area (TPSA) is 138 Å². The van der Waals surface area contributed by atoms with Gasteiger partial charge in [0.15, 0.2) is 11.1 Å². The van der Waals surface area contributed by atoms with E-state index in [9.17, 15) is 33.9 Å². The largest absolute Gasteiger partial charge is 0.481 e. The van der Waals surface area contributed by atoms with Crippen LogP contribution >= 0.6 is 0 Å². The molecule has 1 rings (SSSR count). The van der Waals surface area contributed by atoms with Crippen LogP contribution in [0.5, 0.6) is 0 Å². The Morgan fingerprint density at radius 3 is 1.16 bits per heavy atom. The van der Waals surface area contributed by atoms with Crippen LogP contribution in [-0.4, -0.2) is 43.0 Å². The number of hydrogen-bond donors (Lipinski definition) is 3. The third-order valence-corrected chi connectivity index (χ3v) is 10.2. The summed E-state index contributed by atoms with van der Waals surface area (Å²) < 4.78 is 20.1. The lowest BCUT2D eigenvalue weighted by Gasteiger charge is -2.34. The number of hydrogen-bond acceptors (Lipinski definition) is 5. The summed E-state index contributed by atoms with van der Waals surface area (Å²) >= 11 is -1.68. The van der Waals surface area contributed by atoms with Crippen LogP contribution in [0.2, 0.25) is 0 Å². The van der Waals surface area contributed by atoms with Crippen molar-refractivity contribution in [3.05, 3.63) is 29.8 Å². The average Bonchev–Trinajstić information content (AvgIpc) is 2.92. The zero-order valence-electron chi connectivity index (χ0n) is 28.2. The molecule has 0 heterocycles. The van der Waals surface area contributed by atoms with Crippen LogP contribution in [-0.2, 0) is 29.6 Å². The van der Waals surface area contributed by atoms with Crippen LogP contribution < -0.4 is 0 Å². The lowest BCUT2D eigenvalue weighted by Crippen LogP contribution is -2.34. The molecular formula is C35H58O8S. The van der Waals surface area contributed by atoms with E-state index in [0.29, 0.717) is 43.4 Å². The van der Waals surface area contributed by atoms with Crippen LogP contribution in [0.1, 0.15) is 143 Å². The maximum Gasteiger partial charge on any atom is 0.309 e. The molecule has 0 aromatic heterocycles. The molecule has 0 saturated carbocycles. The molecular weight excluding hydrogens is 580 g/mol. The van der Waals surface area contributed by atoms with E-state index >= 15 is 0 Å². The Kier molecular flexibility index (Phi) is 16.3. The number of aryl methyl sites for hydroxylation is 1. The molecule has 1 aromatic carbocycles. The van der Waals surface area contributed by atoms with Crippen molar-refractivity contribution in [3.8, 4) is 0 Å². The number of aliphatic carboxylic acids is 3. The van der Waals surface area contributed by atoms with E-state index < -0.39 is 50.8 Å². The molecule has 0 radical (unpaired) electrons. The minimum absolute atomic E-state index is 0.574. The average molecular weight is 639 g/mol. The highest BCUT2D eigenvalue weighted by Crippen LogP contribution is 2.36. The van der Waals surface area contributed by atoms with E-state index in [1.807, 2.05) is 31.2 Å². The maximum absolute atomic E-state index is 13.6. The predicted octanol–water partition coefficient (Wildman–Crippen LogP) is 8.96. The molecule has 0 saturated heterocycles. The number of carboxylic acid groups (broad SMARTS) is 3. The third kappa shape index (κ3) is 14.2. The van der Waals surface area contributed by atoms with E-state index in [4.69, 9.17) is 4.18 Å². The maximum atomic E-state index is 13.6. The van der Waals surface area contributed by atoms with Gasteiger partial charge in [-0.05, 0) is 99.1 Å². The van der Waals surface area contributed by atoms with E-state index in [2.05, 4.69) is 0 Å². The van der Waals surface area contributed by atoms with Crippen molar-refractivity contribution in [2.24, 2.45) is 16.2 Å². The first kappa shape index (κ1) is 39.8. The van der Waals surface area contributed by atoms with Gasteiger partial charge in [-0.3, -0.25) is 18.6 Å². The quantitative estimate of drug-likeness (QED) is 0.0954. The molecule has 9 heteroatoms. The zero-order chi connectivity index (χ0) is 33.6. The molecule has 8 nitrogen and oxygen atoms in total. The Bertz CT molecular complexity index is 986. The third-order valence-electron chi connectivity index (χ3n) is 9.01. The first-order chi connectivity index (χ1) is 20.3. The molecule has 1 aromatic rings. The Hall–Kier alpha value is -2.26. The van der Waals surface area contributed by atoms with E-state index in [0.717, 1.165) is 63.4 Å². The highest BCUT2D eigenvalue weighted by molar-refractivity contribution is 7.80. The molecule has 0 spiro atoms. The fraction of sp³-hybridized carbons (Fsp3) is 0.743. The normalized spacial score (nSPS) is 13.5. The summed E-state index contributed by atoms with van der Waals surface area (Å²) in [6.45, 7) is 12.4. The summed E-state index contributed by atoms with van der Waals surface area (Å²) in [6.07, 6.45) is 11.0. The molecule has 0 aliphatic rings. The molecule has 0 amide bonds. The summed E-state index contributed by atoms with van der Waals surface area (Å²) in [5, 5.41) is 28.4. The fourth-order valence-corrected chi connectivity index (χ4v) is 6.28. The van der Waals surface area contributed by atoms with Gasteiger partial charge < -0.3 is 15.3 Å². The molecule has 0 aliphatic carbocycles. The zero-order valence-corrected chi connectivity index (χ0v) is 29.0. The van der Waals surface area contributed by atoms with Gasteiger partial charge in [0.1, 0.15) is 0 Å². The Morgan fingerprint density at radius 1 is 0.568 bits per heavy atom. The summed E-state index contributed by atoms with van der Waals surface area (Å²) in [7, 11) is 0. The highest BCUT2D eigenvalue weighted by Gasteiger charge is 2.34. The molecule has 1 unspecified atom stereocenters. The number of rotatable bonds is 24. The smallest absolute Gasteiger partial charge is 0.309 e. The Morgan fingerprint density at radius 2 is 0.864 bits per heavy atom. The molecule has 0 bridgehead atoms. The van der Waals surface area contributed by atoms with Crippen molar-refractivity contribution in [2.75, 3.05) is 0 Å². The second-order valence-electron chi connectivity index (χ2n) is 14.6. The number of unbranched alkanes of at least 4 members (excludes halogenated alkanes) is 6. The van der Waals surface area contributed by atoms with Crippen molar-refractivity contribution < 1.29 is 38.1 Å². The van der Waals surface area contributed by atoms with Crippen LogP contribution in [0, 0.1) is 23.2 Å². The highest BCUT2D eigenvalue weighted by atomic mass is 32.2. The Balaban J connectivity index is 3.08. The van der Waals surface area contributed by atoms with Gasteiger partial charge in [-0.1, -0.05) is 75.5 Å². The monoisotopic (exact) mass is 638 g/mol. The second kappa shape index (κ2) is 18.0. The molecule has 0 aliphatic heterocycles. The van der Waals surface area contributed by atoms with Gasteiger partial charge in [-0.25, -0.2) is 4.21 Å². The van der Waals surface area contributed by atoms with E-state index in [-0.39, 0.29) is 0 Å². The summed E-state index contributed by atoms with van der Waals surface area (Å²) in [5.74, 6) is -2.41. The molecule has 3 N–H and O–H groups in total. The van der Waals surface area contributed by atoms with Crippen LogP contribution in [0.3, 0.4) is 0 Å². The van der Waals surface area contributed by atoms with Crippen molar-refractivity contribution in [2.45, 2.75) is 155 Å². The standard InChI is InChI=1S/C35H58O8S/c1-27-17-19-28(20-18-27)44(42)43-35(24-14-8-11-21-32(2,3)29(36)37,25-15-9-12-22-33(4,5)30(38)39)26-16-10-13-23-34(6,7)31(40)41/h17-20H,8-16,21-26H2,1-7H3,(H,36,37)(H,38,39)(H,40,41).